The van der Waals surface area contributed by atoms with Crippen LogP contribution in [0, 0.1) is 6.92 Å². The number of para-hydroxylation sites is 1. The first kappa shape index (κ1) is 48.6. The van der Waals surface area contributed by atoms with Crippen LogP contribution in [0.2, 0.25) is 0 Å². The maximum absolute atomic E-state index is 12.7. The van der Waals surface area contributed by atoms with Crippen molar-refractivity contribution in [3.8, 4) is 11.4 Å². The number of aryl methyl sites for hydroxylation is 1. The smallest absolute Gasteiger partial charge is 0.224 e. The molecule has 16 heteroatoms. The van der Waals surface area contributed by atoms with Gasteiger partial charge in [-0.25, -0.2) is 9.98 Å². The van der Waals surface area contributed by atoms with Crippen molar-refractivity contribution in [1.82, 2.24) is 45.7 Å². The first-order chi connectivity index (χ1) is 33.2. The first-order valence-corrected chi connectivity index (χ1v) is 23.5. The molecular formula is C52H66N14O2. The van der Waals surface area contributed by atoms with Crippen LogP contribution in [-0.4, -0.2) is 137 Å². The first-order valence-electron chi connectivity index (χ1n) is 23.5. The summed E-state index contributed by atoms with van der Waals surface area (Å²) >= 11 is 0. The van der Waals surface area contributed by atoms with Gasteiger partial charge in [-0.2, -0.15) is 10.2 Å². The molecule has 0 bridgehead atoms. The normalized spacial score (nSPS) is 15.4. The van der Waals surface area contributed by atoms with Crippen molar-refractivity contribution in [2.24, 2.45) is 20.2 Å². The van der Waals surface area contributed by atoms with Crippen LogP contribution < -0.4 is 15.5 Å². The number of anilines is 1. The summed E-state index contributed by atoms with van der Waals surface area (Å²) in [6.07, 6.45) is 9.09. The number of piperazine rings is 1. The molecule has 0 radical (unpaired) electrons. The Morgan fingerprint density at radius 3 is 2.03 bits per heavy atom. The number of allylic oxidation sites excluding steroid dienone is 3. The third-order valence-electron chi connectivity index (χ3n) is 11.9. The summed E-state index contributed by atoms with van der Waals surface area (Å²) in [5.74, 6) is 0.518. The second-order valence-corrected chi connectivity index (χ2v) is 16.7. The van der Waals surface area contributed by atoms with Crippen LogP contribution >= 0.6 is 0 Å². The van der Waals surface area contributed by atoms with Gasteiger partial charge in [0, 0.05) is 105 Å². The molecule has 4 aromatic carbocycles. The van der Waals surface area contributed by atoms with E-state index in [0.29, 0.717) is 31.8 Å². The lowest BCUT2D eigenvalue weighted by Gasteiger charge is -2.34. The van der Waals surface area contributed by atoms with Crippen molar-refractivity contribution < 1.29 is 12.4 Å². The summed E-state index contributed by atoms with van der Waals surface area (Å²) in [6.45, 7) is 15.5. The summed E-state index contributed by atoms with van der Waals surface area (Å²) in [7, 11) is 2.04. The molecule has 0 spiro atoms. The van der Waals surface area contributed by atoms with Crippen LogP contribution in [-0.2, 0) is 16.0 Å². The molecule has 1 saturated heterocycles. The molecule has 2 amide bonds. The standard InChI is InChI=1S/C52H62N14O2.2H2/c1-5-66(6-2)46-23-25-48(49(37-46)57-42-11-8-7-9-12-42)58-47-24-20-44(35-39(47)3)60-59-43-18-21-45(22-19-43)63(4)28-10-13-50(67)53-26-29-64-31-33-65(34-32-64)30-27-54-51(68)36-40-14-16-41(17-15-40)52-61-55-38-56-62-52;;/h7-9,11-12,14-25,35,37-38H,5-6,10,13,26-34,36H2,1-4H3,(H,53,67)(H,54,68);2*1H. The number of carbonyl (C=O) groups excluding carboxylic acids is 2. The van der Waals surface area contributed by atoms with E-state index in [0.717, 1.165) is 128 Å². The zero-order chi connectivity index (χ0) is 47.5. The third kappa shape index (κ3) is 14.6. The molecule has 1 fully saturated rings. The molecule has 7 rings (SSSR count). The fourth-order valence-electron chi connectivity index (χ4n) is 7.95. The molecule has 1 aromatic heterocycles. The fourth-order valence-corrected chi connectivity index (χ4v) is 7.95. The van der Waals surface area contributed by atoms with E-state index in [1.165, 1.54) is 6.33 Å². The summed E-state index contributed by atoms with van der Waals surface area (Å²) in [6, 6.07) is 31.4. The van der Waals surface area contributed by atoms with Crippen LogP contribution in [0.5, 0.6) is 0 Å². The van der Waals surface area contributed by atoms with Crippen molar-refractivity contribution in [2.45, 2.75) is 40.0 Å². The summed E-state index contributed by atoms with van der Waals surface area (Å²) in [5, 5.41) is 30.6. The lowest BCUT2D eigenvalue weighted by molar-refractivity contribution is -0.121. The number of carbonyl (C=O) groups is 2. The molecule has 5 aromatic rings. The van der Waals surface area contributed by atoms with Crippen molar-refractivity contribution >= 4 is 51.7 Å². The lowest BCUT2D eigenvalue weighted by atomic mass is 10.1. The van der Waals surface area contributed by atoms with E-state index in [9.17, 15) is 9.59 Å². The van der Waals surface area contributed by atoms with E-state index in [1.54, 1.807) is 0 Å². The molecule has 16 nitrogen and oxygen atoms in total. The molecule has 356 valence electrons. The Balaban J connectivity index is 0.00000456. The summed E-state index contributed by atoms with van der Waals surface area (Å²) in [5.41, 5.74) is 9.75. The number of hydrogen-bond donors (Lipinski definition) is 2. The lowest BCUT2D eigenvalue weighted by Crippen LogP contribution is -2.50. The van der Waals surface area contributed by atoms with E-state index >= 15 is 0 Å². The quantitative estimate of drug-likeness (QED) is 0.0541. The zero-order valence-corrected chi connectivity index (χ0v) is 39.6. The Labute approximate surface area is 402 Å². The molecule has 68 heavy (non-hydrogen) atoms. The molecule has 0 saturated carbocycles. The van der Waals surface area contributed by atoms with Crippen LogP contribution in [0.4, 0.5) is 28.4 Å². The minimum absolute atomic E-state index is 0. The molecule has 2 heterocycles. The van der Waals surface area contributed by atoms with Gasteiger partial charge in [0.15, 0.2) is 6.33 Å². The van der Waals surface area contributed by atoms with E-state index < -0.39 is 0 Å². The van der Waals surface area contributed by atoms with Gasteiger partial charge in [-0.1, -0.05) is 42.5 Å². The Kier molecular flexibility index (Phi) is 17.9. The number of rotatable bonds is 21. The number of aliphatic imine (C=N–C) groups is 2. The maximum atomic E-state index is 12.7. The van der Waals surface area contributed by atoms with Gasteiger partial charge in [0.1, 0.15) is 0 Å². The molecule has 0 unspecified atom stereocenters. The second kappa shape index (κ2) is 25.0. The highest BCUT2D eigenvalue weighted by Gasteiger charge is 2.18. The van der Waals surface area contributed by atoms with Crippen LogP contribution in [0.25, 0.3) is 11.4 Å². The third-order valence-corrected chi connectivity index (χ3v) is 11.9. The second-order valence-electron chi connectivity index (χ2n) is 16.7. The number of amides is 2. The Bertz CT molecular complexity index is 2580. The number of hydrogen-bond acceptors (Lipinski definition) is 14. The number of nitrogens with zero attached hydrogens (tertiary/aromatic N) is 12. The van der Waals surface area contributed by atoms with Gasteiger partial charge in [-0.15, -0.1) is 20.4 Å². The van der Waals surface area contributed by atoms with Gasteiger partial charge in [-0.05, 0) is 111 Å². The summed E-state index contributed by atoms with van der Waals surface area (Å²) in [4.78, 5) is 44.4. The van der Waals surface area contributed by atoms with Crippen molar-refractivity contribution in [3.63, 3.8) is 0 Å². The minimum atomic E-state index is -0.00619. The molecular weight excluding hydrogens is 853 g/mol. The number of likely N-dealkylation sites (N-methyl/N-ethyl adjacent to an activating group) is 1. The number of aromatic nitrogens is 4. The Morgan fingerprint density at radius 2 is 1.37 bits per heavy atom. The van der Waals surface area contributed by atoms with Crippen molar-refractivity contribution in [2.75, 3.05) is 83.9 Å². The van der Waals surface area contributed by atoms with Crippen LogP contribution in [0.1, 0.15) is 40.7 Å². The van der Waals surface area contributed by atoms with Gasteiger partial charge in [0.25, 0.3) is 0 Å². The van der Waals surface area contributed by atoms with Gasteiger partial charge in [0.05, 0.1) is 40.6 Å². The van der Waals surface area contributed by atoms with E-state index in [-0.39, 0.29) is 14.7 Å². The van der Waals surface area contributed by atoms with E-state index in [1.807, 2.05) is 117 Å². The fraction of sp³-hybridized carbons (Fsp3) is 0.346. The maximum Gasteiger partial charge on any atom is 0.224 e. The molecule has 1 aliphatic carbocycles. The average Bonchev–Trinajstić information content (AvgIpc) is 3.36. The van der Waals surface area contributed by atoms with Crippen molar-refractivity contribution in [1.29, 1.82) is 0 Å². The van der Waals surface area contributed by atoms with Gasteiger partial charge in [0.2, 0.25) is 17.6 Å². The molecule has 0 atom stereocenters. The van der Waals surface area contributed by atoms with Crippen LogP contribution in [0.15, 0.2) is 148 Å². The molecule has 1 aliphatic heterocycles. The number of azo groups is 1. The predicted octanol–water partition coefficient (Wildman–Crippen LogP) is 8.10. The number of benzene rings is 4. The van der Waals surface area contributed by atoms with Gasteiger partial charge < -0.3 is 20.4 Å². The highest BCUT2D eigenvalue weighted by Crippen LogP contribution is 2.28. The van der Waals surface area contributed by atoms with E-state index in [4.69, 9.17) is 9.98 Å². The topological polar surface area (TPSA) is 172 Å². The molecule has 2 aliphatic rings. The van der Waals surface area contributed by atoms with Crippen molar-refractivity contribution in [3.05, 3.63) is 138 Å². The monoisotopic (exact) mass is 919 g/mol. The Hall–Kier alpha value is -7.30. The van der Waals surface area contributed by atoms with Gasteiger partial charge >= 0.3 is 0 Å². The zero-order valence-electron chi connectivity index (χ0n) is 39.6. The van der Waals surface area contributed by atoms with Gasteiger partial charge in [-0.3, -0.25) is 19.4 Å². The van der Waals surface area contributed by atoms with E-state index in [2.05, 4.69) is 86.9 Å². The molecule has 2 N–H and O–H groups in total. The highest BCUT2D eigenvalue weighted by molar-refractivity contribution is 6.52. The highest BCUT2D eigenvalue weighted by atomic mass is 16.2. The number of nitrogens with one attached hydrogen (secondary N) is 2. The minimum Gasteiger partial charge on any atom is -0.375 e. The average molecular weight is 919 g/mol. The SMILES string of the molecule is CCN(CC)C1=CC(=Nc2ccccc2)C(=Nc2ccc(N=Nc3ccc(N(C)CCCC(=O)NCCN4CCN(CCNC(=O)Cc5ccc(-c6nncnn6)cc5)CC4)cc3)cc2C)C=C1.[HH].[HH]. The summed E-state index contributed by atoms with van der Waals surface area (Å²) < 4.78 is 0. The predicted molar refractivity (Wildman–Crippen MR) is 275 cm³/mol. The Morgan fingerprint density at radius 1 is 0.721 bits per heavy atom. The van der Waals surface area contributed by atoms with Crippen LogP contribution in [0.3, 0.4) is 0 Å². The largest absolute Gasteiger partial charge is 0.375 e.